The molecule has 0 bridgehead atoms. The molecule has 29 heavy (non-hydrogen) atoms. The molecule has 0 saturated carbocycles. The molecule has 3 amide bonds. The Morgan fingerprint density at radius 2 is 1.86 bits per heavy atom. The van der Waals surface area contributed by atoms with Crippen LogP contribution in [0.2, 0.25) is 0 Å². The lowest BCUT2D eigenvalue weighted by molar-refractivity contribution is -0.387. The van der Waals surface area contributed by atoms with E-state index in [-0.39, 0.29) is 11.3 Å². The molecule has 2 rings (SSSR count). The van der Waals surface area contributed by atoms with E-state index in [2.05, 4.69) is 10.6 Å². The number of carbonyl (C=O) groups excluding carboxylic acids is 3. The van der Waals surface area contributed by atoms with Gasteiger partial charge in [-0.1, -0.05) is 30.3 Å². The standard InChI is InChI=1S/C19H19N3O6S/c1-3-20-19(25)21-17(23)16(12-7-5-4-6-8-12)28-18(24)13-9-10-15(29-2)14(11-13)22(26)27/h4-11,16H,3H2,1-2H3,(H2,20,21,23,25)/t16-/m1/s1. The number of hydrogen-bond donors (Lipinski definition) is 2. The zero-order valence-electron chi connectivity index (χ0n) is 15.7. The molecule has 0 unspecified atom stereocenters. The molecule has 2 aromatic rings. The quantitative estimate of drug-likeness (QED) is 0.307. The highest BCUT2D eigenvalue weighted by Gasteiger charge is 2.28. The predicted molar refractivity (Wildman–Crippen MR) is 107 cm³/mol. The normalized spacial score (nSPS) is 11.2. The van der Waals surface area contributed by atoms with Gasteiger partial charge in [0.25, 0.3) is 11.6 Å². The Labute approximate surface area is 171 Å². The Morgan fingerprint density at radius 3 is 2.45 bits per heavy atom. The van der Waals surface area contributed by atoms with E-state index in [0.717, 1.165) is 6.07 Å². The van der Waals surface area contributed by atoms with Crippen molar-refractivity contribution in [2.24, 2.45) is 0 Å². The first-order chi connectivity index (χ1) is 13.9. The maximum absolute atomic E-state index is 12.6. The van der Waals surface area contributed by atoms with Crippen LogP contribution in [0.3, 0.4) is 0 Å². The van der Waals surface area contributed by atoms with Gasteiger partial charge in [0.2, 0.25) is 6.10 Å². The maximum Gasteiger partial charge on any atom is 0.339 e. The van der Waals surface area contributed by atoms with E-state index >= 15 is 0 Å². The number of benzene rings is 2. The largest absolute Gasteiger partial charge is 0.444 e. The van der Waals surface area contributed by atoms with Crippen LogP contribution in [0.1, 0.15) is 28.9 Å². The van der Waals surface area contributed by atoms with Crippen LogP contribution in [-0.2, 0) is 9.53 Å². The fourth-order valence-corrected chi connectivity index (χ4v) is 2.96. The first kappa shape index (κ1) is 21.9. The van der Waals surface area contributed by atoms with Gasteiger partial charge in [0.05, 0.1) is 15.4 Å². The Balaban J connectivity index is 2.30. The molecule has 10 heteroatoms. The van der Waals surface area contributed by atoms with Gasteiger partial charge in [-0.25, -0.2) is 9.59 Å². The average Bonchev–Trinajstić information content (AvgIpc) is 2.71. The molecule has 0 aromatic heterocycles. The van der Waals surface area contributed by atoms with Crippen LogP contribution < -0.4 is 10.6 Å². The summed E-state index contributed by atoms with van der Waals surface area (Å²) in [5.41, 5.74) is 0.0223. The van der Waals surface area contributed by atoms with Crippen molar-refractivity contribution in [3.63, 3.8) is 0 Å². The van der Waals surface area contributed by atoms with E-state index in [4.69, 9.17) is 4.74 Å². The molecule has 0 spiro atoms. The molecule has 2 N–H and O–H groups in total. The number of rotatable bonds is 7. The van der Waals surface area contributed by atoms with Crippen LogP contribution in [0.25, 0.3) is 0 Å². The van der Waals surface area contributed by atoms with Crippen LogP contribution in [0.15, 0.2) is 53.4 Å². The lowest BCUT2D eigenvalue weighted by Crippen LogP contribution is -2.42. The second kappa shape index (κ2) is 10.2. The van der Waals surface area contributed by atoms with E-state index < -0.39 is 28.9 Å². The number of nitrogens with zero attached hydrogens (tertiary/aromatic N) is 1. The number of nitro groups is 1. The topological polar surface area (TPSA) is 128 Å². The molecule has 9 nitrogen and oxygen atoms in total. The van der Waals surface area contributed by atoms with Crippen molar-refractivity contribution in [3.05, 3.63) is 69.8 Å². The van der Waals surface area contributed by atoms with Crippen molar-refractivity contribution in [2.45, 2.75) is 17.9 Å². The lowest BCUT2D eigenvalue weighted by Gasteiger charge is -2.18. The van der Waals surface area contributed by atoms with Gasteiger partial charge in [0.15, 0.2) is 0 Å². The number of carbonyl (C=O) groups is 3. The number of thioether (sulfide) groups is 1. The summed E-state index contributed by atoms with van der Waals surface area (Å²) < 4.78 is 5.31. The average molecular weight is 417 g/mol. The number of amides is 3. The van der Waals surface area contributed by atoms with Gasteiger partial charge in [0.1, 0.15) is 0 Å². The summed E-state index contributed by atoms with van der Waals surface area (Å²) in [6, 6.07) is 11.3. The van der Waals surface area contributed by atoms with E-state index in [1.54, 1.807) is 43.5 Å². The number of urea groups is 1. The van der Waals surface area contributed by atoms with Gasteiger partial charge in [0, 0.05) is 18.2 Å². The molecule has 152 valence electrons. The van der Waals surface area contributed by atoms with E-state index in [1.165, 1.54) is 23.9 Å². The fraction of sp³-hybridized carbons (Fsp3) is 0.211. The summed E-state index contributed by atoms with van der Waals surface area (Å²) >= 11 is 1.17. The van der Waals surface area contributed by atoms with Crippen molar-refractivity contribution < 1.29 is 24.0 Å². The van der Waals surface area contributed by atoms with E-state index in [0.29, 0.717) is 17.0 Å². The summed E-state index contributed by atoms with van der Waals surface area (Å²) in [5.74, 6) is -1.77. The zero-order valence-corrected chi connectivity index (χ0v) is 16.5. The summed E-state index contributed by atoms with van der Waals surface area (Å²) in [6.45, 7) is 1.99. The zero-order chi connectivity index (χ0) is 21.4. The van der Waals surface area contributed by atoms with Crippen LogP contribution in [0.5, 0.6) is 0 Å². The third-order valence-electron chi connectivity index (χ3n) is 3.75. The molecule has 0 aliphatic rings. The maximum atomic E-state index is 12.6. The monoisotopic (exact) mass is 417 g/mol. The first-order valence-electron chi connectivity index (χ1n) is 8.54. The Kier molecular flexibility index (Phi) is 7.72. The Hall–Kier alpha value is -3.40. The van der Waals surface area contributed by atoms with Crippen molar-refractivity contribution in [1.29, 1.82) is 0 Å². The van der Waals surface area contributed by atoms with Crippen molar-refractivity contribution in [1.82, 2.24) is 10.6 Å². The van der Waals surface area contributed by atoms with Gasteiger partial charge in [-0.05, 0) is 25.3 Å². The minimum absolute atomic E-state index is 0.0822. The molecule has 0 radical (unpaired) electrons. The minimum Gasteiger partial charge on any atom is -0.444 e. The molecule has 0 aliphatic carbocycles. The van der Waals surface area contributed by atoms with Crippen LogP contribution in [0.4, 0.5) is 10.5 Å². The number of nitrogens with one attached hydrogen (secondary N) is 2. The van der Waals surface area contributed by atoms with Gasteiger partial charge < -0.3 is 10.1 Å². The summed E-state index contributed by atoms with van der Waals surface area (Å²) in [5, 5.41) is 15.7. The smallest absolute Gasteiger partial charge is 0.339 e. The van der Waals surface area contributed by atoms with Gasteiger partial charge in [-0.3, -0.25) is 20.2 Å². The minimum atomic E-state index is -1.41. The van der Waals surface area contributed by atoms with Gasteiger partial charge in [-0.2, -0.15) is 0 Å². The molecule has 0 saturated heterocycles. The van der Waals surface area contributed by atoms with Crippen LogP contribution in [-0.4, -0.2) is 35.6 Å². The molecular formula is C19H19N3O6S. The summed E-state index contributed by atoms with van der Waals surface area (Å²) in [7, 11) is 0. The summed E-state index contributed by atoms with van der Waals surface area (Å²) in [6.07, 6.45) is 0.267. The van der Waals surface area contributed by atoms with Gasteiger partial charge >= 0.3 is 12.0 Å². The summed E-state index contributed by atoms with van der Waals surface area (Å²) in [4.78, 5) is 47.8. The number of esters is 1. The highest BCUT2D eigenvalue weighted by Crippen LogP contribution is 2.29. The van der Waals surface area contributed by atoms with Crippen LogP contribution in [0, 0.1) is 10.1 Å². The molecular weight excluding hydrogens is 398 g/mol. The highest BCUT2D eigenvalue weighted by atomic mass is 32.2. The third kappa shape index (κ3) is 5.79. The molecule has 0 heterocycles. The second-order valence-electron chi connectivity index (χ2n) is 5.69. The predicted octanol–water partition coefficient (Wildman–Crippen LogP) is 3.06. The van der Waals surface area contributed by atoms with Crippen molar-refractivity contribution in [3.8, 4) is 0 Å². The van der Waals surface area contributed by atoms with Crippen LogP contribution >= 0.6 is 11.8 Å². The third-order valence-corrected chi connectivity index (χ3v) is 4.54. The van der Waals surface area contributed by atoms with E-state index in [9.17, 15) is 24.5 Å². The molecule has 0 aliphatic heterocycles. The molecule has 0 fully saturated rings. The number of hydrogen-bond acceptors (Lipinski definition) is 7. The Morgan fingerprint density at radius 1 is 1.17 bits per heavy atom. The number of ether oxygens (including phenoxy) is 1. The number of nitro benzene ring substituents is 1. The molecule has 2 aromatic carbocycles. The van der Waals surface area contributed by atoms with Gasteiger partial charge in [-0.15, -0.1) is 11.8 Å². The molecule has 1 atom stereocenters. The Bertz CT molecular complexity index is 919. The second-order valence-corrected chi connectivity index (χ2v) is 6.54. The first-order valence-corrected chi connectivity index (χ1v) is 9.76. The highest BCUT2D eigenvalue weighted by molar-refractivity contribution is 7.98. The lowest BCUT2D eigenvalue weighted by atomic mass is 10.1. The van der Waals surface area contributed by atoms with E-state index in [1.807, 2.05) is 0 Å². The van der Waals surface area contributed by atoms with Crippen molar-refractivity contribution in [2.75, 3.05) is 12.8 Å². The van der Waals surface area contributed by atoms with Crippen molar-refractivity contribution >= 4 is 35.4 Å². The fourth-order valence-electron chi connectivity index (χ4n) is 2.42. The SMILES string of the molecule is CCNC(=O)NC(=O)[C@H](OC(=O)c1ccc(SC)c([N+](=O)[O-])c1)c1ccccc1. The number of imide groups is 1.